The molecule has 1 aromatic rings. The summed E-state index contributed by atoms with van der Waals surface area (Å²) in [6, 6.07) is 0. The second-order valence-electron chi connectivity index (χ2n) is 8.10. The summed E-state index contributed by atoms with van der Waals surface area (Å²) in [7, 11) is 1.71. The molecule has 0 amide bonds. The van der Waals surface area contributed by atoms with Gasteiger partial charge in [0.25, 0.3) is 5.56 Å². The maximum atomic E-state index is 12.8. The lowest BCUT2D eigenvalue weighted by Gasteiger charge is -2.61. The van der Waals surface area contributed by atoms with Crippen molar-refractivity contribution in [3.63, 3.8) is 0 Å². The summed E-state index contributed by atoms with van der Waals surface area (Å²) < 4.78 is 1.57. The van der Waals surface area contributed by atoms with E-state index in [2.05, 4.69) is 10.4 Å². The lowest BCUT2D eigenvalue weighted by Crippen LogP contribution is -2.59. The lowest BCUT2D eigenvalue weighted by atomic mass is 9.46. The van der Waals surface area contributed by atoms with Crippen molar-refractivity contribution in [2.24, 2.45) is 17.3 Å². The smallest absolute Gasteiger partial charge is 0.303 e. The van der Waals surface area contributed by atoms with E-state index >= 15 is 0 Å². The van der Waals surface area contributed by atoms with Gasteiger partial charge >= 0.3 is 5.97 Å². The second-order valence-corrected chi connectivity index (χ2v) is 8.47. The van der Waals surface area contributed by atoms with E-state index in [4.69, 9.17) is 11.6 Å². The first-order chi connectivity index (χ1) is 11.4. The zero-order valence-corrected chi connectivity index (χ0v) is 14.5. The Morgan fingerprint density at radius 1 is 1.42 bits per heavy atom. The number of carboxylic acids is 1. The van der Waals surface area contributed by atoms with Gasteiger partial charge in [0.05, 0.1) is 23.8 Å². The first-order valence-corrected chi connectivity index (χ1v) is 8.92. The maximum absolute atomic E-state index is 12.8. The third-order valence-corrected chi connectivity index (χ3v) is 6.68. The van der Waals surface area contributed by atoms with E-state index in [-0.39, 0.29) is 28.0 Å². The average Bonchev–Trinajstić information content (AvgIpc) is 2.47. The van der Waals surface area contributed by atoms with Crippen LogP contribution >= 0.6 is 11.6 Å². The molecule has 6 nitrogen and oxygen atoms in total. The quantitative estimate of drug-likeness (QED) is 0.871. The van der Waals surface area contributed by atoms with Crippen molar-refractivity contribution in [1.82, 2.24) is 9.78 Å². The predicted octanol–water partition coefficient (Wildman–Crippen LogP) is 2.71. The van der Waals surface area contributed by atoms with Crippen molar-refractivity contribution in [3.8, 4) is 0 Å². The van der Waals surface area contributed by atoms with E-state index in [0.717, 1.165) is 38.5 Å². The highest BCUT2D eigenvalue weighted by Crippen LogP contribution is 2.64. The summed E-state index contributed by atoms with van der Waals surface area (Å²) in [4.78, 5) is 24.2. The van der Waals surface area contributed by atoms with Crippen LogP contribution in [0.4, 0.5) is 5.69 Å². The number of carboxylic acid groups (broad SMARTS) is 1. The predicted molar refractivity (Wildman–Crippen MR) is 90.4 cm³/mol. The molecule has 0 spiro atoms. The summed E-state index contributed by atoms with van der Waals surface area (Å²) in [6.45, 7) is 0. The molecule has 24 heavy (non-hydrogen) atoms. The number of halogens is 1. The van der Waals surface area contributed by atoms with Gasteiger partial charge in [0.2, 0.25) is 0 Å². The number of aromatic nitrogens is 2. The van der Waals surface area contributed by atoms with Gasteiger partial charge in [-0.25, -0.2) is 4.68 Å². The van der Waals surface area contributed by atoms with Crippen molar-refractivity contribution in [1.29, 1.82) is 0 Å². The highest BCUT2D eigenvalue weighted by Gasteiger charge is 2.59. The van der Waals surface area contributed by atoms with Gasteiger partial charge < -0.3 is 10.4 Å². The minimum atomic E-state index is -0.740. The molecule has 0 saturated heterocycles. The standard InChI is InChI=1S/C17H22ClN3O3/c1-19-12-8-20-21(15(24)14(12)18)17-5-10-2-11(6-17)4-16(3-10,9-17)7-13(22)23/h8,10-11,19H,2-7,9H2,1H3,(H,22,23). The molecule has 1 heterocycles. The monoisotopic (exact) mass is 351 g/mol. The molecule has 130 valence electrons. The first-order valence-electron chi connectivity index (χ1n) is 8.54. The molecule has 4 aliphatic rings. The molecule has 1 aromatic heterocycles. The number of anilines is 1. The van der Waals surface area contributed by atoms with Crippen molar-refractivity contribution in [3.05, 3.63) is 21.6 Å². The zero-order valence-electron chi connectivity index (χ0n) is 13.7. The molecule has 4 bridgehead atoms. The van der Waals surface area contributed by atoms with Gasteiger partial charge in [-0.3, -0.25) is 9.59 Å². The molecule has 0 aliphatic heterocycles. The van der Waals surface area contributed by atoms with Crippen LogP contribution in [0.25, 0.3) is 0 Å². The number of hydrogen-bond acceptors (Lipinski definition) is 4. The van der Waals surface area contributed by atoms with Crippen LogP contribution in [-0.4, -0.2) is 27.9 Å². The van der Waals surface area contributed by atoms with Crippen LogP contribution in [0.3, 0.4) is 0 Å². The Morgan fingerprint density at radius 2 is 2.08 bits per heavy atom. The van der Waals surface area contributed by atoms with Crippen LogP contribution in [-0.2, 0) is 10.3 Å². The van der Waals surface area contributed by atoms with E-state index in [0.29, 0.717) is 17.5 Å². The van der Waals surface area contributed by atoms with Gasteiger partial charge in [0, 0.05) is 7.05 Å². The third-order valence-electron chi connectivity index (χ3n) is 6.32. The first kappa shape index (κ1) is 15.9. The fraction of sp³-hybridized carbons (Fsp3) is 0.706. The van der Waals surface area contributed by atoms with Gasteiger partial charge in [-0.1, -0.05) is 11.6 Å². The fourth-order valence-corrected chi connectivity index (χ4v) is 6.35. The molecule has 0 aromatic carbocycles. The Kier molecular flexibility index (Phi) is 3.46. The number of aliphatic carboxylic acids is 1. The fourth-order valence-electron chi connectivity index (χ4n) is 6.12. The van der Waals surface area contributed by atoms with E-state index in [1.54, 1.807) is 17.9 Å². The minimum absolute atomic E-state index is 0.163. The number of rotatable bonds is 4. The molecular formula is C17H22ClN3O3. The number of nitrogens with zero attached hydrogens (tertiary/aromatic N) is 2. The molecule has 2 unspecified atom stereocenters. The third kappa shape index (κ3) is 2.26. The van der Waals surface area contributed by atoms with Crippen LogP contribution in [0, 0.1) is 17.3 Å². The van der Waals surface area contributed by atoms with Crippen LogP contribution in [0.5, 0.6) is 0 Å². The largest absolute Gasteiger partial charge is 0.481 e. The Bertz CT molecular complexity index is 746. The molecule has 7 heteroatoms. The molecule has 5 rings (SSSR count). The van der Waals surface area contributed by atoms with Crippen molar-refractivity contribution >= 4 is 23.3 Å². The molecule has 0 radical (unpaired) electrons. The molecule has 2 N–H and O–H groups in total. The Hall–Kier alpha value is -1.56. The second kappa shape index (κ2) is 5.22. The topological polar surface area (TPSA) is 84.2 Å². The van der Waals surface area contributed by atoms with Crippen molar-refractivity contribution < 1.29 is 9.90 Å². The zero-order chi connectivity index (χ0) is 17.1. The van der Waals surface area contributed by atoms with E-state index in [1.165, 1.54) is 0 Å². The van der Waals surface area contributed by atoms with Gasteiger partial charge in [-0.2, -0.15) is 5.10 Å². The summed E-state index contributed by atoms with van der Waals surface area (Å²) in [5.41, 5.74) is -0.295. The molecule has 4 aliphatic carbocycles. The summed E-state index contributed by atoms with van der Waals surface area (Å²) in [5.74, 6) is 0.236. The number of hydrogen-bond donors (Lipinski definition) is 2. The number of nitrogens with one attached hydrogen (secondary N) is 1. The Morgan fingerprint density at radius 3 is 2.67 bits per heavy atom. The maximum Gasteiger partial charge on any atom is 0.303 e. The summed E-state index contributed by atoms with van der Waals surface area (Å²) in [5, 5.41) is 16.8. The van der Waals surface area contributed by atoms with E-state index < -0.39 is 5.97 Å². The van der Waals surface area contributed by atoms with Crippen LogP contribution < -0.4 is 10.9 Å². The van der Waals surface area contributed by atoms with Gasteiger partial charge in [-0.15, -0.1) is 0 Å². The normalized spacial score (nSPS) is 36.8. The Balaban J connectivity index is 1.79. The summed E-state index contributed by atoms with van der Waals surface area (Å²) >= 11 is 6.23. The molecule has 4 fully saturated rings. The minimum Gasteiger partial charge on any atom is -0.481 e. The van der Waals surface area contributed by atoms with Crippen LogP contribution in [0.15, 0.2) is 11.0 Å². The Labute approximate surface area is 145 Å². The molecule has 4 saturated carbocycles. The summed E-state index contributed by atoms with van der Waals surface area (Å²) in [6.07, 6.45) is 7.43. The van der Waals surface area contributed by atoms with Crippen LogP contribution in [0.2, 0.25) is 5.02 Å². The lowest BCUT2D eigenvalue weighted by molar-refractivity contribution is -0.151. The van der Waals surface area contributed by atoms with E-state index in [9.17, 15) is 14.7 Å². The van der Waals surface area contributed by atoms with Gasteiger partial charge in [0.15, 0.2) is 0 Å². The average molecular weight is 352 g/mol. The SMILES string of the molecule is CNc1cnn(C23CC4CC(CC(CC(=O)O)(C4)C2)C3)c(=O)c1Cl. The molecular weight excluding hydrogens is 330 g/mol. The highest BCUT2D eigenvalue weighted by atomic mass is 35.5. The van der Waals surface area contributed by atoms with Gasteiger partial charge in [0.1, 0.15) is 5.02 Å². The van der Waals surface area contributed by atoms with E-state index in [1.807, 2.05) is 0 Å². The van der Waals surface area contributed by atoms with Gasteiger partial charge in [-0.05, 0) is 55.8 Å². The van der Waals surface area contributed by atoms with Crippen LogP contribution in [0.1, 0.15) is 44.9 Å². The highest BCUT2D eigenvalue weighted by molar-refractivity contribution is 6.32. The van der Waals surface area contributed by atoms with Crippen molar-refractivity contribution in [2.45, 2.75) is 50.5 Å². The number of carbonyl (C=O) groups is 1. The van der Waals surface area contributed by atoms with Crippen molar-refractivity contribution in [2.75, 3.05) is 12.4 Å². The molecule has 2 atom stereocenters.